The quantitative estimate of drug-likeness (QED) is 0.775. The van der Waals surface area contributed by atoms with E-state index in [2.05, 4.69) is 17.1 Å². The Balaban J connectivity index is 1.32. The van der Waals surface area contributed by atoms with Gasteiger partial charge in [-0.15, -0.1) is 0 Å². The third-order valence-electron chi connectivity index (χ3n) is 6.54. The second kappa shape index (κ2) is 9.59. The molecule has 170 valence electrons. The molecule has 0 aliphatic carbocycles. The lowest BCUT2D eigenvalue weighted by molar-refractivity contribution is 0.0697. The van der Waals surface area contributed by atoms with Gasteiger partial charge in [-0.05, 0) is 73.7 Å². The molecule has 7 heteroatoms. The lowest BCUT2D eigenvalue weighted by atomic mass is 9.98. The molecule has 0 unspecified atom stereocenters. The van der Waals surface area contributed by atoms with Crippen LogP contribution in [-0.2, 0) is 0 Å². The van der Waals surface area contributed by atoms with Crippen LogP contribution in [0.15, 0.2) is 42.5 Å². The number of piperidine rings is 1. The molecule has 0 aromatic heterocycles. The number of amides is 3. The van der Waals surface area contributed by atoms with Gasteiger partial charge >= 0.3 is 6.03 Å². The van der Waals surface area contributed by atoms with Crippen LogP contribution in [0.2, 0.25) is 0 Å². The maximum atomic E-state index is 13.1. The summed E-state index contributed by atoms with van der Waals surface area (Å²) in [5, 5.41) is 2.99. The highest BCUT2D eigenvalue weighted by atomic mass is 19.1. The summed E-state index contributed by atoms with van der Waals surface area (Å²) in [6.07, 6.45) is 2.10. The first-order valence-electron chi connectivity index (χ1n) is 11.4. The highest BCUT2D eigenvalue weighted by molar-refractivity contribution is 5.96. The van der Waals surface area contributed by atoms with Gasteiger partial charge in [0, 0.05) is 56.2 Å². The molecule has 2 fully saturated rings. The zero-order valence-electron chi connectivity index (χ0n) is 18.8. The van der Waals surface area contributed by atoms with E-state index >= 15 is 0 Å². The van der Waals surface area contributed by atoms with Gasteiger partial charge in [0.15, 0.2) is 0 Å². The minimum absolute atomic E-state index is 0.0646. The Labute approximate surface area is 189 Å². The summed E-state index contributed by atoms with van der Waals surface area (Å²) in [4.78, 5) is 31.4. The highest BCUT2D eigenvalue weighted by Crippen LogP contribution is 2.22. The molecule has 2 aromatic rings. The molecule has 2 aliphatic heterocycles. The van der Waals surface area contributed by atoms with Gasteiger partial charge in [0.25, 0.3) is 5.91 Å². The van der Waals surface area contributed by atoms with Gasteiger partial charge in [-0.1, -0.05) is 6.92 Å². The van der Waals surface area contributed by atoms with E-state index in [4.69, 9.17) is 0 Å². The maximum Gasteiger partial charge on any atom is 0.321 e. The number of benzene rings is 2. The first-order chi connectivity index (χ1) is 15.4. The molecular weight excluding hydrogens is 407 g/mol. The molecule has 0 bridgehead atoms. The molecule has 2 saturated heterocycles. The topological polar surface area (TPSA) is 55.9 Å². The van der Waals surface area contributed by atoms with Crippen molar-refractivity contribution in [3.63, 3.8) is 0 Å². The molecule has 2 heterocycles. The molecule has 0 atom stereocenters. The minimum Gasteiger partial charge on any atom is -0.368 e. The minimum atomic E-state index is -0.250. The van der Waals surface area contributed by atoms with Gasteiger partial charge < -0.3 is 20.0 Å². The molecule has 6 nitrogen and oxygen atoms in total. The number of likely N-dealkylation sites (tertiary alicyclic amines) is 1. The van der Waals surface area contributed by atoms with Gasteiger partial charge in [0.1, 0.15) is 5.82 Å². The number of urea groups is 1. The summed E-state index contributed by atoms with van der Waals surface area (Å²) in [6, 6.07) is 11.8. The number of piperazine rings is 1. The van der Waals surface area contributed by atoms with Crippen molar-refractivity contribution in [1.29, 1.82) is 0 Å². The van der Waals surface area contributed by atoms with Gasteiger partial charge in [-0.2, -0.15) is 0 Å². The first kappa shape index (κ1) is 22.1. The Hall–Kier alpha value is -3.09. The fourth-order valence-corrected chi connectivity index (χ4v) is 4.35. The summed E-state index contributed by atoms with van der Waals surface area (Å²) in [5.74, 6) is 0.492. The number of rotatable bonds is 3. The van der Waals surface area contributed by atoms with Crippen molar-refractivity contribution >= 4 is 23.3 Å². The van der Waals surface area contributed by atoms with Gasteiger partial charge in [-0.25, -0.2) is 9.18 Å². The van der Waals surface area contributed by atoms with E-state index in [1.54, 1.807) is 23.1 Å². The Morgan fingerprint density at radius 1 is 0.906 bits per heavy atom. The van der Waals surface area contributed by atoms with Crippen molar-refractivity contribution in [2.45, 2.75) is 26.7 Å². The van der Waals surface area contributed by atoms with Crippen molar-refractivity contribution < 1.29 is 14.0 Å². The van der Waals surface area contributed by atoms with Crippen LogP contribution in [0.1, 0.15) is 35.7 Å². The lowest BCUT2D eigenvalue weighted by Crippen LogP contribution is -2.50. The molecule has 0 saturated carbocycles. The number of halogens is 1. The van der Waals surface area contributed by atoms with E-state index in [1.807, 2.05) is 24.0 Å². The predicted octanol–water partition coefficient (Wildman–Crippen LogP) is 4.36. The van der Waals surface area contributed by atoms with Crippen molar-refractivity contribution in [2.75, 3.05) is 49.5 Å². The first-order valence-corrected chi connectivity index (χ1v) is 11.4. The highest BCUT2D eigenvalue weighted by Gasteiger charge is 2.24. The number of aryl methyl sites for hydroxylation is 1. The molecule has 2 aromatic carbocycles. The number of carbonyl (C=O) groups is 2. The molecule has 2 aliphatic rings. The van der Waals surface area contributed by atoms with Gasteiger partial charge in [0.05, 0.1) is 0 Å². The van der Waals surface area contributed by atoms with Crippen molar-refractivity contribution in [3.8, 4) is 0 Å². The largest absolute Gasteiger partial charge is 0.368 e. The second-order valence-electron chi connectivity index (χ2n) is 8.89. The number of anilines is 2. The van der Waals surface area contributed by atoms with E-state index in [0.29, 0.717) is 37.7 Å². The second-order valence-corrected chi connectivity index (χ2v) is 8.89. The van der Waals surface area contributed by atoms with Gasteiger partial charge in [-0.3, -0.25) is 4.79 Å². The zero-order valence-corrected chi connectivity index (χ0v) is 18.8. The molecular formula is C25H31FN4O2. The smallest absolute Gasteiger partial charge is 0.321 e. The zero-order chi connectivity index (χ0) is 22.7. The summed E-state index contributed by atoms with van der Waals surface area (Å²) in [6.45, 7) is 8.32. The third kappa shape index (κ3) is 5.03. The Morgan fingerprint density at radius 2 is 1.56 bits per heavy atom. The van der Waals surface area contributed by atoms with E-state index < -0.39 is 0 Å². The SMILES string of the molecule is Cc1cc(C(=O)N2CCC(C)CC2)ccc1NC(=O)N1CCN(c2ccc(F)cc2)CC1. The van der Waals surface area contributed by atoms with Gasteiger partial charge in [0.2, 0.25) is 0 Å². The number of nitrogens with one attached hydrogen (secondary N) is 1. The van der Waals surface area contributed by atoms with Crippen molar-refractivity contribution in [3.05, 3.63) is 59.4 Å². The van der Waals surface area contributed by atoms with Crippen LogP contribution >= 0.6 is 0 Å². The molecule has 3 amide bonds. The third-order valence-corrected chi connectivity index (χ3v) is 6.54. The number of nitrogens with zero attached hydrogens (tertiary/aromatic N) is 3. The van der Waals surface area contributed by atoms with Crippen LogP contribution in [0.25, 0.3) is 0 Å². The average molecular weight is 439 g/mol. The van der Waals surface area contributed by atoms with Crippen molar-refractivity contribution in [2.24, 2.45) is 5.92 Å². The molecule has 32 heavy (non-hydrogen) atoms. The van der Waals surface area contributed by atoms with Crippen LogP contribution in [-0.4, -0.2) is 61.0 Å². The molecule has 1 N–H and O–H groups in total. The normalized spacial score (nSPS) is 17.4. The van der Waals surface area contributed by atoms with Crippen LogP contribution in [0.4, 0.5) is 20.6 Å². The Morgan fingerprint density at radius 3 is 2.19 bits per heavy atom. The van der Waals surface area contributed by atoms with E-state index in [9.17, 15) is 14.0 Å². The number of hydrogen-bond donors (Lipinski definition) is 1. The van der Waals surface area contributed by atoms with E-state index in [0.717, 1.165) is 42.9 Å². The monoisotopic (exact) mass is 438 g/mol. The summed E-state index contributed by atoms with van der Waals surface area (Å²) < 4.78 is 13.1. The summed E-state index contributed by atoms with van der Waals surface area (Å²) >= 11 is 0. The maximum absolute atomic E-state index is 13.1. The van der Waals surface area contributed by atoms with Crippen LogP contribution in [0.3, 0.4) is 0 Å². The van der Waals surface area contributed by atoms with E-state index in [-0.39, 0.29) is 17.8 Å². The number of hydrogen-bond acceptors (Lipinski definition) is 3. The van der Waals surface area contributed by atoms with Crippen LogP contribution in [0.5, 0.6) is 0 Å². The van der Waals surface area contributed by atoms with Crippen LogP contribution < -0.4 is 10.2 Å². The van der Waals surface area contributed by atoms with E-state index in [1.165, 1.54) is 12.1 Å². The standard InChI is InChI=1S/C25H31FN4O2/c1-18-9-11-29(12-10-18)24(31)20-3-8-23(19(2)17-20)27-25(32)30-15-13-28(14-16-30)22-6-4-21(26)5-7-22/h3-8,17-18H,9-16H2,1-2H3,(H,27,32). The fraction of sp³-hybridized carbons (Fsp3) is 0.440. The number of carbonyl (C=O) groups excluding carboxylic acids is 2. The predicted molar refractivity (Wildman–Crippen MR) is 125 cm³/mol. The lowest BCUT2D eigenvalue weighted by Gasteiger charge is -2.36. The van der Waals surface area contributed by atoms with Crippen LogP contribution in [0, 0.1) is 18.7 Å². The fourth-order valence-electron chi connectivity index (χ4n) is 4.35. The Bertz CT molecular complexity index is 962. The molecule has 0 spiro atoms. The average Bonchev–Trinajstić information content (AvgIpc) is 2.81. The Kier molecular flexibility index (Phi) is 6.63. The summed E-state index contributed by atoms with van der Waals surface area (Å²) in [5.41, 5.74) is 3.23. The summed E-state index contributed by atoms with van der Waals surface area (Å²) in [7, 11) is 0. The molecule has 0 radical (unpaired) electrons. The molecule has 4 rings (SSSR count). The van der Waals surface area contributed by atoms with Crippen molar-refractivity contribution in [1.82, 2.24) is 9.80 Å².